The van der Waals surface area contributed by atoms with Gasteiger partial charge in [-0.1, -0.05) is 17.7 Å². The molecule has 150 valence electrons. The predicted molar refractivity (Wildman–Crippen MR) is 96.1 cm³/mol. The van der Waals surface area contributed by atoms with Crippen LogP contribution in [0.25, 0.3) is 5.69 Å². The Balaban J connectivity index is 1.74. The molecule has 0 bridgehead atoms. The molecule has 6 nitrogen and oxygen atoms in total. The Hall–Kier alpha value is -2.84. The van der Waals surface area contributed by atoms with E-state index in [0.29, 0.717) is 17.8 Å². The van der Waals surface area contributed by atoms with E-state index in [-0.39, 0.29) is 24.6 Å². The van der Waals surface area contributed by atoms with Crippen molar-refractivity contribution in [2.75, 3.05) is 19.6 Å². The smallest absolute Gasteiger partial charge is 0.351 e. The number of benzene rings is 1. The highest BCUT2D eigenvalue weighted by atomic mass is 19.4. The first-order valence-electron chi connectivity index (χ1n) is 9.05. The fourth-order valence-corrected chi connectivity index (χ4v) is 3.17. The highest BCUT2D eigenvalue weighted by Crippen LogP contribution is 2.33. The molecule has 0 aliphatic carbocycles. The number of nitrogens with zero attached hydrogens (tertiary/aromatic N) is 3. The maximum absolute atomic E-state index is 13.6. The van der Waals surface area contributed by atoms with Crippen molar-refractivity contribution < 1.29 is 22.8 Å². The molecule has 0 saturated carbocycles. The third-order valence-electron chi connectivity index (χ3n) is 4.64. The second kappa shape index (κ2) is 8.04. The molecular weight excluding hydrogens is 373 g/mol. The average Bonchev–Trinajstić information content (AvgIpc) is 3.31. The zero-order valence-corrected chi connectivity index (χ0v) is 15.4. The van der Waals surface area contributed by atoms with Crippen molar-refractivity contribution in [1.82, 2.24) is 20.0 Å². The van der Waals surface area contributed by atoms with Crippen LogP contribution in [0.2, 0.25) is 0 Å². The van der Waals surface area contributed by atoms with Gasteiger partial charge in [-0.2, -0.15) is 18.3 Å². The molecule has 0 unspecified atom stereocenters. The molecule has 2 heterocycles. The largest absolute Gasteiger partial charge is 0.434 e. The van der Waals surface area contributed by atoms with Gasteiger partial charge in [0.25, 0.3) is 5.91 Å². The summed E-state index contributed by atoms with van der Waals surface area (Å²) < 4.78 is 41.6. The Morgan fingerprint density at radius 2 is 1.79 bits per heavy atom. The molecule has 2 amide bonds. The first kappa shape index (κ1) is 19.9. The molecule has 1 aliphatic heterocycles. The predicted octanol–water partition coefficient (Wildman–Crippen LogP) is 2.94. The third-order valence-corrected chi connectivity index (χ3v) is 4.64. The first-order chi connectivity index (χ1) is 13.3. The van der Waals surface area contributed by atoms with Gasteiger partial charge in [-0.05, 0) is 31.9 Å². The van der Waals surface area contributed by atoms with E-state index >= 15 is 0 Å². The summed E-state index contributed by atoms with van der Waals surface area (Å²) in [6, 6.07) is 6.35. The van der Waals surface area contributed by atoms with Crippen molar-refractivity contribution in [3.05, 3.63) is 47.3 Å². The Bertz CT molecular complexity index is 853. The van der Waals surface area contributed by atoms with Crippen molar-refractivity contribution in [3.63, 3.8) is 0 Å². The minimum Gasteiger partial charge on any atom is -0.351 e. The number of carbonyl (C=O) groups is 2. The number of rotatable bonds is 5. The fraction of sp³-hybridized carbons (Fsp3) is 0.421. The summed E-state index contributed by atoms with van der Waals surface area (Å²) in [6.45, 7) is 3.17. The molecule has 9 heteroatoms. The van der Waals surface area contributed by atoms with Crippen LogP contribution < -0.4 is 5.32 Å². The third kappa shape index (κ3) is 4.35. The highest BCUT2D eigenvalue weighted by Gasteiger charge is 2.40. The molecule has 3 rings (SSSR count). The number of alkyl halides is 3. The minimum absolute atomic E-state index is 0.0266. The summed E-state index contributed by atoms with van der Waals surface area (Å²) in [5, 5.41) is 6.17. The molecule has 1 fully saturated rings. The maximum atomic E-state index is 13.6. The summed E-state index contributed by atoms with van der Waals surface area (Å²) >= 11 is 0. The van der Waals surface area contributed by atoms with E-state index in [9.17, 15) is 22.8 Å². The molecule has 2 aromatic rings. The normalized spacial score (nSPS) is 14.4. The topological polar surface area (TPSA) is 67.2 Å². The van der Waals surface area contributed by atoms with Crippen molar-refractivity contribution >= 4 is 11.8 Å². The molecule has 1 N–H and O–H groups in total. The van der Waals surface area contributed by atoms with Crippen LogP contribution in [-0.2, 0) is 11.0 Å². The van der Waals surface area contributed by atoms with Gasteiger partial charge >= 0.3 is 6.18 Å². The monoisotopic (exact) mass is 394 g/mol. The standard InChI is InChI=1S/C19H21F3N4O2/c1-13-4-6-14(7-5-13)26-17(19(20,21)22)15(12-24-26)18(28)23-9-8-16(27)25-10-2-3-11-25/h4-7,12H,2-3,8-11H2,1H3,(H,23,28). The lowest BCUT2D eigenvalue weighted by atomic mass is 10.2. The zero-order valence-electron chi connectivity index (χ0n) is 15.4. The highest BCUT2D eigenvalue weighted by molar-refractivity contribution is 5.95. The van der Waals surface area contributed by atoms with E-state index in [2.05, 4.69) is 10.4 Å². The Morgan fingerprint density at radius 1 is 1.14 bits per heavy atom. The Labute approximate surface area is 160 Å². The second-order valence-electron chi connectivity index (χ2n) is 6.75. The van der Waals surface area contributed by atoms with Gasteiger partial charge < -0.3 is 10.2 Å². The van der Waals surface area contributed by atoms with Crippen LogP contribution in [0, 0.1) is 6.92 Å². The van der Waals surface area contributed by atoms with Crippen LogP contribution in [-0.4, -0.2) is 46.1 Å². The van der Waals surface area contributed by atoms with Gasteiger partial charge in [0.2, 0.25) is 5.91 Å². The van der Waals surface area contributed by atoms with E-state index in [4.69, 9.17) is 0 Å². The summed E-state index contributed by atoms with van der Waals surface area (Å²) in [6.07, 6.45) is -1.91. The van der Waals surface area contributed by atoms with Gasteiger partial charge in [-0.25, -0.2) is 4.68 Å². The van der Waals surface area contributed by atoms with Crippen molar-refractivity contribution in [1.29, 1.82) is 0 Å². The molecule has 1 aliphatic rings. The molecule has 0 atom stereocenters. The van der Waals surface area contributed by atoms with Gasteiger partial charge in [0.1, 0.15) is 0 Å². The van der Waals surface area contributed by atoms with E-state index in [1.54, 1.807) is 17.0 Å². The lowest BCUT2D eigenvalue weighted by molar-refractivity contribution is -0.143. The molecule has 1 saturated heterocycles. The summed E-state index contributed by atoms with van der Waals surface area (Å²) in [7, 11) is 0. The van der Waals surface area contributed by atoms with E-state index in [1.807, 2.05) is 6.92 Å². The number of amides is 2. The van der Waals surface area contributed by atoms with E-state index in [1.165, 1.54) is 12.1 Å². The molecule has 1 aromatic carbocycles. The lowest BCUT2D eigenvalue weighted by Gasteiger charge is -2.15. The number of aryl methyl sites for hydroxylation is 1. The van der Waals surface area contributed by atoms with Crippen LogP contribution in [0.4, 0.5) is 13.2 Å². The number of likely N-dealkylation sites (tertiary alicyclic amines) is 1. The van der Waals surface area contributed by atoms with Crippen LogP contribution in [0.15, 0.2) is 30.5 Å². The summed E-state index contributed by atoms with van der Waals surface area (Å²) in [5.41, 5.74) is -0.604. The SMILES string of the molecule is Cc1ccc(-n2ncc(C(=O)NCCC(=O)N3CCCC3)c2C(F)(F)F)cc1. The number of hydrogen-bond donors (Lipinski definition) is 1. The summed E-state index contributed by atoms with van der Waals surface area (Å²) in [5.74, 6) is -1.01. The van der Waals surface area contributed by atoms with Crippen LogP contribution in [0.5, 0.6) is 0 Å². The van der Waals surface area contributed by atoms with E-state index in [0.717, 1.165) is 24.6 Å². The first-order valence-corrected chi connectivity index (χ1v) is 9.05. The molecular formula is C19H21F3N4O2. The van der Waals surface area contributed by atoms with Gasteiger partial charge in [0, 0.05) is 26.1 Å². The number of halogens is 3. The zero-order chi connectivity index (χ0) is 20.3. The maximum Gasteiger partial charge on any atom is 0.434 e. The van der Waals surface area contributed by atoms with Crippen molar-refractivity contribution in [2.24, 2.45) is 0 Å². The Morgan fingerprint density at radius 3 is 2.39 bits per heavy atom. The van der Waals surface area contributed by atoms with Gasteiger partial charge in [-0.3, -0.25) is 9.59 Å². The van der Waals surface area contributed by atoms with Crippen molar-refractivity contribution in [2.45, 2.75) is 32.4 Å². The Kier molecular flexibility index (Phi) is 5.71. The molecule has 1 aromatic heterocycles. The second-order valence-corrected chi connectivity index (χ2v) is 6.75. The van der Waals surface area contributed by atoms with Crippen LogP contribution in [0.1, 0.15) is 40.9 Å². The number of nitrogens with one attached hydrogen (secondary N) is 1. The molecule has 0 spiro atoms. The summed E-state index contributed by atoms with van der Waals surface area (Å²) in [4.78, 5) is 26.0. The van der Waals surface area contributed by atoms with Gasteiger partial charge in [0.05, 0.1) is 17.4 Å². The van der Waals surface area contributed by atoms with Crippen LogP contribution in [0.3, 0.4) is 0 Å². The van der Waals surface area contributed by atoms with Gasteiger partial charge in [-0.15, -0.1) is 0 Å². The minimum atomic E-state index is -4.76. The molecule has 28 heavy (non-hydrogen) atoms. The molecule has 0 radical (unpaired) electrons. The quantitative estimate of drug-likeness (QED) is 0.848. The average molecular weight is 394 g/mol. The fourth-order valence-electron chi connectivity index (χ4n) is 3.17. The number of carbonyl (C=O) groups excluding carboxylic acids is 2. The van der Waals surface area contributed by atoms with Gasteiger partial charge in [0.15, 0.2) is 5.69 Å². The lowest BCUT2D eigenvalue weighted by Crippen LogP contribution is -2.33. The van der Waals surface area contributed by atoms with Crippen molar-refractivity contribution in [3.8, 4) is 5.69 Å². The number of aromatic nitrogens is 2. The number of hydrogen-bond acceptors (Lipinski definition) is 3. The van der Waals surface area contributed by atoms with E-state index < -0.39 is 23.3 Å². The van der Waals surface area contributed by atoms with Crippen LogP contribution >= 0.6 is 0 Å².